The highest BCUT2D eigenvalue weighted by atomic mass is 32.2. The van der Waals surface area contributed by atoms with E-state index >= 15 is 0 Å². The van der Waals surface area contributed by atoms with Gasteiger partial charge in [0.25, 0.3) is 10.1 Å². The molecular formula is C19H26O3S. The Hall–Kier alpha value is -1.39. The van der Waals surface area contributed by atoms with Crippen molar-refractivity contribution in [3.8, 4) is 0 Å². The summed E-state index contributed by atoms with van der Waals surface area (Å²) in [6, 6.07) is 7.46. The molecule has 0 heterocycles. The fraction of sp³-hybridized carbons (Fsp3) is 0.474. The van der Waals surface area contributed by atoms with E-state index in [9.17, 15) is 13.0 Å². The van der Waals surface area contributed by atoms with Crippen molar-refractivity contribution in [3.05, 3.63) is 41.0 Å². The quantitative estimate of drug-likeness (QED) is 0.756. The van der Waals surface area contributed by atoms with Crippen LogP contribution in [0.1, 0.15) is 76.0 Å². The number of rotatable bonds is 4. The molecule has 0 saturated heterocycles. The average Bonchev–Trinajstić information content (AvgIpc) is 2.42. The minimum atomic E-state index is -4.23. The molecule has 0 radical (unpaired) electrons. The molecule has 4 heteroatoms. The van der Waals surface area contributed by atoms with Crippen LogP contribution in [-0.2, 0) is 10.1 Å². The molecule has 0 aromatic heterocycles. The molecule has 1 N–H and O–H groups in total. The van der Waals surface area contributed by atoms with Gasteiger partial charge in [-0.05, 0) is 57.3 Å². The molecule has 2 aromatic rings. The Balaban J connectivity index is 3.02. The Bertz CT molecular complexity index is 831. The number of fused-ring (bicyclic) bond motifs is 1. The molecule has 23 heavy (non-hydrogen) atoms. The first-order valence-electron chi connectivity index (χ1n) is 8.12. The van der Waals surface area contributed by atoms with Crippen molar-refractivity contribution in [2.45, 2.75) is 64.2 Å². The van der Waals surface area contributed by atoms with Gasteiger partial charge >= 0.3 is 0 Å². The van der Waals surface area contributed by atoms with E-state index < -0.39 is 10.1 Å². The van der Waals surface area contributed by atoms with Crippen LogP contribution in [0.3, 0.4) is 0 Å². The lowest BCUT2D eigenvalue weighted by atomic mass is 9.84. The van der Waals surface area contributed by atoms with Crippen molar-refractivity contribution in [3.63, 3.8) is 0 Å². The van der Waals surface area contributed by atoms with Gasteiger partial charge in [-0.1, -0.05) is 53.7 Å². The van der Waals surface area contributed by atoms with Crippen molar-refractivity contribution in [2.75, 3.05) is 0 Å². The molecule has 0 aliphatic heterocycles. The van der Waals surface area contributed by atoms with E-state index in [1.807, 2.05) is 13.8 Å². The van der Waals surface area contributed by atoms with Crippen molar-refractivity contribution in [1.82, 2.24) is 0 Å². The number of hydrogen-bond acceptors (Lipinski definition) is 2. The molecule has 0 aliphatic carbocycles. The third-order valence-corrected chi connectivity index (χ3v) is 5.17. The third-order valence-electron chi connectivity index (χ3n) is 4.34. The number of benzene rings is 2. The second-order valence-corrected chi connectivity index (χ2v) is 8.54. The molecule has 0 aliphatic rings. The lowest BCUT2D eigenvalue weighted by Crippen LogP contribution is -2.05. The van der Waals surface area contributed by atoms with E-state index in [0.29, 0.717) is 5.92 Å². The highest BCUT2D eigenvalue weighted by Gasteiger charge is 2.20. The van der Waals surface area contributed by atoms with Crippen LogP contribution in [0.15, 0.2) is 29.2 Å². The minimum Gasteiger partial charge on any atom is -0.282 e. The Kier molecular flexibility index (Phi) is 4.88. The molecule has 0 unspecified atom stereocenters. The Morgan fingerprint density at radius 1 is 0.783 bits per heavy atom. The van der Waals surface area contributed by atoms with Gasteiger partial charge in [-0.3, -0.25) is 4.55 Å². The van der Waals surface area contributed by atoms with Crippen LogP contribution in [-0.4, -0.2) is 13.0 Å². The standard InChI is InChI=1S/C19H26O3S/c1-11(2)15-7-8-16-17(12(3)4)9-14(23(20,21)22)10-18(16)19(15)13(5)6/h7-13H,1-6H3,(H,20,21,22). The second kappa shape index (κ2) is 6.25. The van der Waals surface area contributed by atoms with Gasteiger partial charge in [-0.25, -0.2) is 0 Å². The summed E-state index contributed by atoms with van der Waals surface area (Å²) in [7, 11) is -4.23. The van der Waals surface area contributed by atoms with Crippen molar-refractivity contribution >= 4 is 20.9 Å². The summed E-state index contributed by atoms with van der Waals surface area (Å²) < 4.78 is 32.9. The first kappa shape index (κ1) is 18.0. The van der Waals surface area contributed by atoms with E-state index in [-0.39, 0.29) is 16.7 Å². The SMILES string of the molecule is CC(C)c1ccc2c(C(C)C)cc(S(=O)(=O)O)cc2c1C(C)C. The molecule has 126 valence electrons. The van der Waals surface area contributed by atoms with Gasteiger partial charge in [-0.2, -0.15) is 8.42 Å². The zero-order chi connectivity index (χ0) is 17.5. The molecule has 0 bridgehead atoms. The van der Waals surface area contributed by atoms with E-state index in [0.717, 1.165) is 16.3 Å². The Morgan fingerprint density at radius 2 is 1.35 bits per heavy atom. The maximum absolute atomic E-state index is 11.7. The molecule has 3 nitrogen and oxygen atoms in total. The largest absolute Gasteiger partial charge is 0.294 e. The monoisotopic (exact) mass is 334 g/mol. The highest BCUT2D eigenvalue weighted by Crippen LogP contribution is 2.37. The van der Waals surface area contributed by atoms with Crippen molar-refractivity contribution in [1.29, 1.82) is 0 Å². The second-order valence-electron chi connectivity index (χ2n) is 7.12. The van der Waals surface area contributed by atoms with E-state index in [1.165, 1.54) is 11.1 Å². The third kappa shape index (κ3) is 3.43. The van der Waals surface area contributed by atoms with Gasteiger partial charge in [0, 0.05) is 0 Å². The minimum absolute atomic E-state index is 0.0171. The predicted molar refractivity (Wildman–Crippen MR) is 96.0 cm³/mol. The Morgan fingerprint density at radius 3 is 1.78 bits per heavy atom. The van der Waals surface area contributed by atoms with Crippen LogP contribution in [0.5, 0.6) is 0 Å². The maximum atomic E-state index is 11.7. The highest BCUT2D eigenvalue weighted by molar-refractivity contribution is 7.85. The summed E-state index contributed by atoms with van der Waals surface area (Å²) in [4.78, 5) is -0.0171. The van der Waals surface area contributed by atoms with Crippen LogP contribution < -0.4 is 0 Å². The van der Waals surface area contributed by atoms with E-state index in [2.05, 4.69) is 39.8 Å². The first-order valence-corrected chi connectivity index (χ1v) is 9.56. The van der Waals surface area contributed by atoms with E-state index in [1.54, 1.807) is 12.1 Å². The van der Waals surface area contributed by atoms with Gasteiger partial charge in [0.05, 0.1) is 4.90 Å². The smallest absolute Gasteiger partial charge is 0.282 e. The first-order chi connectivity index (χ1) is 10.5. The van der Waals surface area contributed by atoms with Crippen LogP contribution in [0.2, 0.25) is 0 Å². The molecule has 0 spiro atoms. The molecule has 0 saturated carbocycles. The predicted octanol–water partition coefficient (Wildman–Crippen LogP) is 5.46. The van der Waals surface area contributed by atoms with Crippen molar-refractivity contribution < 1.29 is 13.0 Å². The molecule has 2 aromatic carbocycles. The van der Waals surface area contributed by atoms with Crippen LogP contribution in [0.4, 0.5) is 0 Å². The number of hydrogen-bond donors (Lipinski definition) is 1. The van der Waals surface area contributed by atoms with Crippen LogP contribution >= 0.6 is 0 Å². The fourth-order valence-corrected chi connectivity index (χ4v) is 3.79. The summed E-state index contributed by atoms with van der Waals surface area (Å²) in [6.07, 6.45) is 0. The normalized spacial score (nSPS) is 12.8. The lowest BCUT2D eigenvalue weighted by molar-refractivity contribution is 0.483. The summed E-state index contributed by atoms with van der Waals surface area (Å²) in [5, 5.41) is 2.01. The summed E-state index contributed by atoms with van der Waals surface area (Å²) >= 11 is 0. The van der Waals surface area contributed by atoms with Gasteiger partial charge in [0.2, 0.25) is 0 Å². The summed E-state index contributed by atoms with van der Waals surface area (Å²) in [5.74, 6) is 0.797. The zero-order valence-electron chi connectivity index (χ0n) is 14.7. The average molecular weight is 334 g/mol. The zero-order valence-corrected chi connectivity index (χ0v) is 15.5. The van der Waals surface area contributed by atoms with Gasteiger partial charge in [-0.15, -0.1) is 0 Å². The van der Waals surface area contributed by atoms with E-state index in [4.69, 9.17) is 0 Å². The topological polar surface area (TPSA) is 54.4 Å². The van der Waals surface area contributed by atoms with Crippen LogP contribution in [0.25, 0.3) is 10.8 Å². The van der Waals surface area contributed by atoms with Gasteiger partial charge in [0.1, 0.15) is 0 Å². The Labute approximate surface area is 139 Å². The molecule has 0 amide bonds. The molecule has 0 atom stereocenters. The van der Waals surface area contributed by atoms with Gasteiger partial charge < -0.3 is 0 Å². The molecular weight excluding hydrogens is 308 g/mol. The lowest BCUT2D eigenvalue weighted by Gasteiger charge is -2.21. The van der Waals surface area contributed by atoms with Crippen molar-refractivity contribution in [2.24, 2.45) is 0 Å². The molecule has 0 fully saturated rings. The molecule has 2 rings (SSSR count). The summed E-state index contributed by atoms with van der Waals surface area (Å²) in [6.45, 7) is 12.6. The van der Waals surface area contributed by atoms with Crippen LogP contribution in [0, 0.1) is 0 Å². The maximum Gasteiger partial charge on any atom is 0.294 e. The van der Waals surface area contributed by atoms with Gasteiger partial charge in [0.15, 0.2) is 0 Å². The fourth-order valence-electron chi connectivity index (χ4n) is 3.25. The summed E-state index contributed by atoms with van der Waals surface area (Å²) in [5.41, 5.74) is 3.35.